The second-order valence-electron chi connectivity index (χ2n) is 6.05. The largest absolute Gasteiger partial charge is 0.502 e. The molecule has 0 radical (unpaired) electrons. The number of methoxy groups -OCH3 is 4. The highest BCUT2D eigenvalue weighted by Crippen LogP contribution is 2.42. The molecular formula is C20H26O9. The molecule has 2 atom stereocenters. The van der Waals surface area contributed by atoms with Crippen molar-refractivity contribution in [3.05, 3.63) is 35.4 Å². The molecule has 160 valence electrons. The number of aromatic hydroxyl groups is 1. The molecule has 0 aromatic heterocycles. The van der Waals surface area contributed by atoms with Gasteiger partial charge in [0.1, 0.15) is 6.10 Å². The molecule has 0 aliphatic heterocycles. The lowest BCUT2D eigenvalue weighted by Gasteiger charge is -2.25. The fourth-order valence-electron chi connectivity index (χ4n) is 2.79. The van der Waals surface area contributed by atoms with Gasteiger partial charge in [0.2, 0.25) is 11.5 Å². The molecule has 0 heterocycles. The summed E-state index contributed by atoms with van der Waals surface area (Å²) in [5.41, 5.74) is 0.834. The van der Waals surface area contributed by atoms with Crippen LogP contribution in [0.25, 0.3) is 0 Å². The number of phenolic OH excluding ortho intramolecular Hbond substituents is 1. The van der Waals surface area contributed by atoms with Crippen molar-refractivity contribution in [2.75, 3.05) is 35.0 Å². The Labute approximate surface area is 168 Å². The molecule has 0 fully saturated rings. The minimum absolute atomic E-state index is 0.0950. The quantitative estimate of drug-likeness (QED) is 0.459. The van der Waals surface area contributed by atoms with Crippen molar-refractivity contribution in [3.63, 3.8) is 0 Å². The lowest BCUT2D eigenvalue weighted by Crippen LogP contribution is -2.29. The average molecular weight is 410 g/mol. The van der Waals surface area contributed by atoms with Crippen molar-refractivity contribution in [2.24, 2.45) is 0 Å². The number of aliphatic hydroxyl groups excluding tert-OH is 3. The Morgan fingerprint density at radius 3 is 1.66 bits per heavy atom. The zero-order valence-electron chi connectivity index (χ0n) is 16.7. The van der Waals surface area contributed by atoms with Gasteiger partial charge in [-0.3, -0.25) is 0 Å². The number of ether oxygens (including phenoxy) is 5. The Morgan fingerprint density at radius 1 is 0.793 bits per heavy atom. The van der Waals surface area contributed by atoms with E-state index in [0.717, 1.165) is 0 Å². The lowest BCUT2D eigenvalue weighted by molar-refractivity contribution is -0.00187. The molecule has 0 bridgehead atoms. The molecule has 9 nitrogen and oxygen atoms in total. The van der Waals surface area contributed by atoms with E-state index >= 15 is 0 Å². The smallest absolute Gasteiger partial charge is 0.204 e. The fraction of sp³-hybridized carbons (Fsp3) is 0.400. The maximum absolute atomic E-state index is 10.8. The Bertz CT molecular complexity index is 772. The van der Waals surface area contributed by atoms with Crippen LogP contribution in [0.15, 0.2) is 24.3 Å². The molecule has 29 heavy (non-hydrogen) atoms. The Kier molecular flexibility index (Phi) is 7.77. The van der Waals surface area contributed by atoms with Crippen molar-refractivity contribution in [1.29, 1.82) is 0 Å². The highest BCUT2D eigenvalue weighted by molar-refractivity contribution is 5.55. The Hall–Kier alpha value is -2.88. The second-order valence-corrected chi connectivity index (χ2v) is 6.05. The van der Waals surface area contributed by atoms with E-state index in [9.17, 15) is 20.4 Å². The first-order chi connectivity index (χ1) is 13.9. The SMILES string of the molecule is COc1cc([C@H](O)[C@H](CO)Oc2c(OC)cc(CO)cc2OC)cc(OC)c1O. The first-order valence-electron chi connectivity index (χ1n) is 8.70. The number of hydrogen-bond acceptors (Lipinski definition) is 9. The average Bonchev–Trinajstić information content (AvgIpc) is 2.76. The molecule has 2 aromatic carbocycles. The van der Waals surface area contributed by atoms with Gasteiger partial charge in [0.25, 0.3) is 0 Å². The Balaban J connectivity index is 2.42. The van der Waals surface area contributed by atoms with Crippen LogP contribution in [0.2, 0.25) is 0 Å². The van der Waals surface area contributed by atoms with Crippen molar-refractivity contribution >= 4 is 0 Å². The summed E-state index contributed by atoms with van der Waals surface area (Å²) in [5, 5.41) is 40.1. The summed E-state index contributed by atoms with van der Waals surface area (Å²) in [6.45, 7) is -0.771. The number of phenols is 1. The van der Waals surface area contributed by atoms with E-state index in [1.165, 1.54) is 40.6 Å². The number of rotatable bonds is 10. The van der Waals surface area contributed by atoms with Crippen LogP contribution in [0.5, 0.6) is 34.5 Å². The summed E-state index contributed by atoms with van der Waals surface area (Å²) in [6.07, 6.45) is -2.42. The van der Waals surface area contributed by atoms with Crippen LogP contribution in [-0.4, -0.2) is 61.6 Å². The van der Waals surface area contributed by atoms with Gasteiger partial charge in [0, 0.05) is 0 Å². The molecule has 0 aliphatic rings. The van der Waals surface area contributed by atoms with E-state index in [4.69, 9.17) is 23.7 Å². The van der Waals surface area contributed by atoms with Gasteiger partial charge in [-0.05, 0) is 35.4 Å². The van der Waals surface area contributed by atoms with Crippen LogP contribution >= 0.6 is 0 Å². The predicted molar refractivity (Wildman–Crippen MR) is 103 cm³/mol. The molecule has 2 rings (SSSR count). The number of hydrogen-bond donors (Lipinski definition) is 4. The summed E-state index contributed by atoms with van der Waals surface area (Å²) in [6, 6.07) is 5.95. The molecule has 0 spiro atoms. The standard InChI is InChI=1S/C20H26O9/c1-25-13-7-12(8-14(26-2)19(13)24)18(23)17(10-22)29-20-15(27-3)5-11(9-21)6-16(20)28-4/h5-8,17-18,21-24H,9-10H2,1-4H3/t17-,18-/m0/s1. The fourth-order valence-corrected chi connectivity index (χ4v) is 2.79. The van der Waals surface area contributed by atoms with Gasteiger partial charge >= 0.3 is 0 Å². The normalized spacial score (nSPS) is 12.8. The molecule has 0 amide bonds. The van der Waals surface area contributed by atoms with Crippen molar-refractivity contribution in [1.82, 2.24) is 0 Å². The summed E-state index contributed by atoms with van der Waals surface area (Å²) >= 11 is 0. The van der Waals surface area contributed by atoms with Gasteiger partial charge in [0.15, 0.2) is 29.1 Å². The molecule has 0 aliphatic carbocycles. The second kappa shape index (κ2) is 10.1. The van der Waals surface area contributed by atoms with Crippen molar-refractivity contribution in [3.8, 4) is 34.5 Å². The highest BCUT2D eigenvalue weighted by Gasteiger charge is 2.28. The molecule has 0 saturated carbocycles. The van der Waals surface area contributed by atoms with Crippen LogP contribution in [0.1, 0.15) is 17.2 Å². The molecule has 0 unspecified atom stereocenters. The number of benzene rings is 2. The zero-order valence-corrected chi connectivity index (χ0v) is 16.7. The monoisotopic (exact) mass is 410 g/mol. The summed E-state index contributed by atoms with van der Waals surface area (Å²) in [4.78, 5) is 0. The van der Waals surface area contributed by atoms with E-state index in [1.807, 2.05) is 0 Å². The van der Waals surface area contributed by atoms with Crippen LogP contribution in [0.4, 0.5) is 0 Å². The lowest BCUT2D eigenvalue weighted by atomic mass is 10.0. The van der Waals surface area contributed by atoms with Crippen LogP contribution in [0, 0.1) is 0 Å². The third kappa shape index (κ3) is 4.76. The van der Waals surface area contributed by atoms with E-state index in [2.05, 4.69) is 0 Å². The minimum Gasteiger partial charge on any atom is -0.502 e. The molecule has 4 N–H and O–H groups in total. The summed E-state index contributed by atoms with van der Waals surface area (Å²) < 4.78 is 26.6. The number of aliphatic hydroxyl groups is 3. The van der Waals surface area contributed by atoms with Gasteiger partial charge in [-0.25, -0.2) is 0 Å². The van der Waals surface area contributed by atoms with Crippen molar-refractivity contribution < 1.29 is 44.1 Å². The van der Waals surface area contributed by atoms with E-state index in [-0.39, 0.29) is 41.1 Å². The van der Waals surface area contributed by atoms with Gasteiger partial charge in [-0.1, -0.05) is 0 Å². The summed E-state index contributed by atoms with van der Waals surface area (Å²) in [7, 11) is 5.57. The molecular weight excluding hydrogens is 384 g/mol. The van der Waals surface area contributed by atoms with Gasteiger partial charge in [0.05, 0.1) is 41.7 Å². The zero-order chi connectivity index (χ0) is 21.6. The first-order valence-corrected chi connectivity index (χ1v) is 8.70. The van der Waals surface area contributed by atoms with Gasteiger partial charge in [-0.2, -0.15) is 0 Å². The maximum atomic E-state index is 10.8. The maximum Gasteiger partial charge on any atom is 0.204 e. The van der Waals surface area contributed by atoms with E-state index in [1.54, 1.807) is 12.1 Å². The minimum atomic E-state index is -1.31. The van der Waals surface area contributed by atoms with Crippen molar-refractivity contribution in [2.45, 2.75) is 18.8 Å². The molecule has 9 heteroatoms. The van der Waals surface area contributed by atoms with E-state index in [0.29, 0.717) is 11.1 Å². The van der Waals surface area contributed by atoms with Gasteiger partial charge < -0.3 is 44.1 Å². The topological polar surface area (TPSA) is 127 Å². The highest BCUT2D eigenvalue weighted by atomic mass is 16.6. The van der Waals surface area contributed by atoms with Gasteiger partial charge in [-0.15, -0.1) is 0 Å². The molecule has 0 saturated heterocycles. The van der Waals surface area contributed by atoms with Crippen LogP contribution in [0.3, 0.4) is 0 Å². The first kappa shape index (κ1) is 22.4. The van der Waals surface area contributed by atoms with Crippen LogP contribution < -0.4 is 23.7 Å². The predicted octanol–water partition coefficient (Wildman–Crippen LogP) is 1.39. The third-order valence-electron chi connectivity index (χ3n) is 4.35. The summed E-state index contributed by atoms with van der Waals surface area (Å²) in [5.74, 6) is 0.660. The Morgan fingerprint density at radius 2 is 1.28 bits per heavy atom. The third-order valence-corrected chi connectivity index (χ3v) is 4.35. The van der Waals surface area contributed by atoms with Crippen LogP contribution in [-0.2, 0) is 6.61 Å². The van der Waals surface area contributed by atoms with E-state index < -0.39 is 18.8 Å². The molecule has 2 aromatic rings.